The Balaban J connectivity index is 2.90. The summed E-state index contributed by atoms with van der Waals surface area (Å²) in [6.07, 6.45) is 2.98. The minimum Gasteiger partial charge on any atom is -0.481 e. The molecule has 0 aliphatic heterocycles. The van der Waals surface area contributed by atoms with Crippen molar-refractivity contribution >= 4 is 33.3 Å². The monoisotopic (exact) mass is 317 g/mol. The molecule has 0 amide bonds. The van der Waals surface area contributed by atoms with Gasteiger partial charge in [0.25, 0.3) is 0 Å². The number of anilines is 1. The second kappa shape index (κ2) is 6.29. The lowest BCUT2D eigenvalue weighted by molar-refractivity contribution is -0.384. The highest BCUT2D eigenvalue weighted by atomic mass is 79.9. The summed E-state index contributed by atoms with van der Waals surface area (Å²) in [6, 6.07) is 0. The van der Waals surface area contributed by atoms with Gasteiger partial charge in [-0.15, -0.1) is 0 Å². The fraction of sp³-hybridized carbons (Fsp3) is 0.400. The van der Waals surface area contributed by atoms with Crippen LogP contribution in [0.2, 0.25) is 0 Å². The van der Waals surface area contributed by atoms with E-state index in [-0.39, 0.29) is 17.9 Å². The van der Waals surface area contributed by atoms with Gasteiger partial charge in [-0.05, 0) is 22.4 Å². The maximum Gasteiger partial charge on any atom is 0.311 e. The van der Waals surface area contributed by atoms with Crippen LogP contribution in [0.25, 0.3) is 0 Å². The van der Waals surface area contributed by atoms with Gasteiger partial charge in [0.05, 0.1) is 15.3 Å². The standard InChI is InChI=1S/C10H12BrN3O4/c1-2-6(10(15)16)3-13-9-7(11)4-12-5-8(9)14(17)18/h4-6H,2-3H2,1H3,(H,12,13)(H,15,16). The van der Waals surface area contributed by atoms with E-state index >= 15 is 0 Å². The van der Waals surface area contributed by atoms with Crippen LogP contribution in [0.3, 0.4) is 0 Å². The molecule has 0 bridgehead atoms. The third-order valence-electron chi connectivity index (χ3n) is 2.44. The lowest BCUT2D eigenvalue weighted by Gasteiger charge is -2.13. The topological polar surface area (TPSA) is 105 Å². The number of halogens is 1. The van der Waals surface area contributed by atoms with E-state index in [1.807, 2.05) is 0 Å². The molecule has 98 valence electrons. The fourth-order valence-corrected chi connectivity index (χ4v) is 1.83. The number of carboxylic acid groups (broad SMARTS) is 1. The van der Waals surface area contributed by atoms with Crippen LogP contribution in [-0.2, 0) is 4.79 Å². The van der Waals surface area contributed by atoms with Crippen LogP contribution in [0.4, 0.5) is 11.4 Å². The molecule has 18 heavy (non-hydrogen) atoms. The van der Waals surface area contributed by atoms with E-state index in [9.17, 15) is 14.9 Å². The van der Waals surface area contributed by atoms with Crippen molar-refractivity contribution in [1.82, 2.24) is 4.98 Å². The molecule has 1 atom stereocenters. The summed E-state index contributed by atoms with van der Waals surface area (Å²) < 4.78 is 0.428. The van der Waals surface area contributed by atoms with Crippen molar-refractivity contribution in [3.63, 3.8) is 0 Å². The van der Waals surface area contributed by atoms with Crippen molar-refractivity contribution < 1.29 is 14.8 Å². The molecule has 7 nitrogen and oxygen atoms in total. The summed E-state index contributed by atoms with van der Waals surface area (Å²) in [5, 5.41) is 22.5. The SMILES string of the molecule is CCC(CNc1c(Br)cncc1[N+](=O)[O-])C(=O)O. The molecule has 0 saturated heterocycles. The van der Waals surface area contributed by atoms with Gasteiger partial charge in [0, 0.05) is 12.7 Å². The summed E-state index contributed by atoms with van der Waals surface area (Å²) in [7, 11) is 0. The van der Waals surface area contributed by atoms with Crippen molar-refractivity contribution in [2.24, 2.45) is 5.92 Å². The van der Waals surface area contributed by atoms with E-state index < -0.39 is 16.8 Å². The second-order valence-electron chi connectivity index (χ2n) is 3.60. The molecule has 1 heterocycles. The Morgan fingerprint density at radius 1 is 1.67 bits per heavy atom. The predicted molar refractivity (Wildman–Crippen MR) is 68.5 cm³/mol. The molecule has 1 aromatic heterocycles. The molecule has 0 aliphatic rings. The van der Waals surface area contributed by atoms with Crippen LogP contribution in [0.1, 0.15) is 13.3 Å². The molecule has 1 unspecified atom stereocenters. The van der Waals surface area contributed by atoms with Crippen LogP contribution in [0, 0.1) is 16.0 Å². The number of hydrogen-bond acceptors (Lipinski definition) is 5. The Morgan fingerprint density at radius 2 is 2.33 bits per heavy atom. The Morgan fingerprint density at radius 3 is 2.83 bits per heavy atom. The molecule has 1 rings (SSSR count). The molecule has 0 aliphatic carbocycles. The highest BCUT2D eigenvalue weighted by molar-refractivity contribution is 9.10. The fourth-order valence-electron chi connectivity index (χ4n) is 1.37. The average Bonchev–Trinajstić information content (AvgIpc) is 2.30. The van der Waals surface area contributed by atoms with E-state index in [0.717, 1.165) is 6.20 Å². The first-order chi connectivity index (χ1) is 8.47. The number of nitrogens with zero attached hydrogens (tertiary/aromatic N) is 2. The first-order valence-corrected chi connectivity index (χ1v) is 6.01. The zero-order valence-corrected chi connectivity index (χ0v) is 11.2. The number of carbonyl (C=O) groups is 1. The lowest BCUT2D eigenvalue weighted by atomic mass is 10.1. The lowest BCUT2D eigenvalue weighted by Crippen LogP contribution is -2.22. The van der Waals surface area contributed by atoms with Crippen LogP contribution in [-0.4, -0.2) is 27.5 Å². The van der Waals surface area contributed by atoms with Gasteiger partial charge in [0.15, 0.2) is 0 Å². The quantitative estimate of drug-likeness (QED) is 0.616. The van der Waals surface area contributed by atoms with Crippen LogP contribution in [0.15, 0.2) is 16.9 Å². The number of nitrogens with one attached hydrogen (secondary N) is 1. The molecule has 8 heteroatoms. The van der Waals surface area contributed by atoms with Gasteiger partial charge in [0.2, 0.25) is 0 Å². The van der Waals surface area contributed by atoms with Crippen molar-refractivity contribution in [2.45, 2.75) is 13.3 Å². The van der Waals surface area contributed by atoms with Gasteiger partial charge in [-0.3, -0.25) is 19.9 Å². The van der Waals surface area contributed by atoms with Crippen molar-refractivity contribution in [2.75, 3.05) is 11.9 Å². The van der Waals surface area contributed by atoms with Crippen LogP contribution >= 0.6 is 15.9 Å². The van der Waals surface area contributed by atoms with E-state index in [0.29, 0.717) is 10.9 Å². The molecule has 0 saturated carbocycles. The van der Waals surface area contributed by atoms with Crippen LogP contribution in [0.5, 0.6) is 0 Å². The Kier molecular flexibility index (Phi) is 5.02. The summed E-state index contributed by atoms with van der Waals surface area (Å²) in [4.78, 5) is 24.8. The predicted octanol–water partition coefficient (Wildman–Crippen LogP) is 2.27. The first kappa shape index (κ1) is 14.4. The average molecular weight is 318 g/mol. The number of hydrogen-bond donors (Lipinski definition) is 2. The van der Waals surface area contributed by atoms with E-state index in [4.69, 9.17) is 5.11 Å². The van der Waals surface area contributed by atoms with E-state index in [1.165, 1.54) is 6.20 Å². The van der Waals surface area contributed by atoms with Crippen molar-refractivity contribution in [3.8, 4) is 0 Å². The maximum atomic E-state index is 10.9. The summed E-state index contributed by atoms with van der Waals surface area (Å²) >= 11 is 3.15. The molecular weight excluding hydrogens is 306 g/mol. The molecule has 1 aromatic rings. The highest BCUT2D eigenvalue weighted by Crippen LogP contribution is 2.31. The Hall–Kier alpha value is -1.70. The molecular formula is C10H12BrN3O4. The number of carboxylic acids is 1. The number of nitro groups is 1. The molecule has 0 fully saturated rings. The maximum absolute atomic E-state index is 10.9. The molecule has 0 radical (unpaired) electrons. The minimum absolute atomic E-state index is 0.120. The number of aromatic nitrogens is 1. The summed E-state index contributed by atoms with van der Waals surface area (Å²) in [6.45, 7) is 1.87. The van der Waals surface area contributed by atoms with Crippen molar-refractivity contribution in [1.29, 1.82) is 0 Å². The molecule has 0 aromatic carbocycles. The van der Waals surface area contributed by atoms with Gasteiger partial charge in [-0.1, -0.05) is 6.92 Å². The summed E-state index contributed by atoms with van der Waals surface area (Å²) in [5.41, 5.74) is 0.0549. The third-order valence-corrected chi connectivity index (χ3v) is 3.04. The normalized spacial score (nSPS) is 11.9. The van der Waals surface area contributed by atoms with Gasteiger partial charge in [0.1, 0.15) is 11.9 Å². The number of aliphatic carboxylic acids is 1. The van der Waals surface area contributed by atoms with Crippen molar-refractivity contribution in [3.05, 3.63) is 27.0 Å². The third kappa shape index (κ3) is 3.39. The minimum atomic E-state index is -0.933. The largest absolute Gasteiger partial charge is 0.481 e. The van der Waals surface area contributed by atoms with Gasteiger partial charge >= 0.3 is 11.7 Å². The zero-order chi connectivity index (χ0) is 13.7. The number of rotatable bonds is 6. The van der Waals surface area contributed by atoms with Crippen LogP contribution < -0.4 is 5.32 Å². The Bertz CT molecular complexity index is 466. The number of pyridine rings is 1. The second-order valence-corrected chi connectivity index (χ2v) is 4.45. The zero-order valence-electron chi connectivity index (χ0n) is 9.59. The van der Waals surface area contributed by atoms with Gasteiger partial charge < -0.3 is 10.4 Å². The van der Waals surface area contributed by atoms with E-state index in [1.54, 1.807) is 6.92 Å². The van der Waals surface area contributed by atoms with Gasteiger partial charge in [-0.25, -0.2) is 0 Å². The highest BCUT2D eigenvalue weighted by Gasteiger charge is 2.20. The smallest absolute Gasteiger partial charge is 0.311 e. The Labute approximate surface area is 112 Å². The molecule has 0 spiro atoms. The first-order valence-electron chi connectivity index (χ1n) is 5.22. The summed E-state index contributed by atoms with van der Waals surface area (Å²) in [5.74, 6) is -1.53. The molecule has 2 N–H and O–H groups in total. The van der Waals surface area contributed by atoms with E-state index in [2.05, 4.69) is 26.2 Å². The van der Waals surface area contributed by atoms with Gasteiger partial charge in [-0.2, -0.15) is 0 Å².